The first kappa shape index (κ1) is 59.7. The number of amides is 2. The molecule has 2 amide bonds. The van der Waals surface area contributed by atoms with E-state index in [1.807, 2.05) is 81.4 Å². The molecule has 388 valence electrons. The van der Waals surface area contributed by atoms with Crippen molar-refractivity contribution in [2.75, 3.05) is 0 Å². The fourth-order valence-corrected chi connectivity index (χ4v) is 10.2. The van der Waals surface area contributed by atoms with Crippen molar-refractivity contribution in [3.8, 4) is 0 Å². The molecular formula is C54H57Cl3F2N4O8S2. The summed E-state index contributed by atoms with van der Waals surface area (Å²) < 4.78 is 77.3. The van der Waals surface area contributed by atoms with Gasteiger partial charge in [-0.25, -0.2) is 30.3 Å². The molecular weight excluding hydrogens is 1040 g/mol. The molecule has 0 aliphatic heterocycles. The molecule has 6 rings (SSSR count). The third-order valence-corrected chi connectivity index (χ3v) is 14.0. The minimum absolute atomic E-state index is 0. The molecule has 0 heterocycles. The molecule has 0 unspecified atom stereocenters. The maximum absolute atomic E-state index is 13.3. The van der Waals surface area contributed by atoms with E-state index in [9.17, 15) is 44.8 Å². The summed E-state index contributed by atoms with van der Waals surface area (Å²) in [5, 5.41) is 5.35. The quantitative estimate of drug-likeness (QED) is 0.0642. The lowest BCUT2D eigenvalue weighted by molar-refractivity contribution is -0.121. The smallest absolute Gasteiger partial charge is 0.262 e. The van der Waals surface area contributed by atoms with Crippen LogP contribution in [-0.2, 0) is 54.3 Å². The van der Waals surface area contributed by atoms with Crippen LogP contribution in [0.3, 0.4) is 0 Å². The Balaban J connectivity index is 0.000000291. The minimum atomic E-state index is -4.01. The van der Waals surface area contributed by atoms with E-state index in [0.717, 1.165) is 23.3 Å². The van der Waals surface area contributed by atoms with Crippen LogP contribution in [0.1, 0.15) is 84.5 Å². The van der Waals surface area contributed by atoms with E-state index in [1.54, 1.807) is 20.8 Å². The number of hydrogen-bond donors (Lipinski definition) is 4. The van der Waals surface area contributed by atoms with Crippen molar-refractivity contribution in [3.63, 3.8) is 0 Å². The molecule has 0 saturated carbocycles. The molecule has 2 atom stereocenters. The highest BCUT2D eigenvalue weighted by Gasteiger charge is 2.27. The van der Waals surface area contributed by atoms with Gasteiger partial charge in [0.25, 0.3) is 20.9 Å². The highest BCUT2D eigenvalue weighted by atomic mass is 35.7. The van der Waals surface area contributed by atoms with Crippen molar-refractivity contribution < 1.29 is 44.8 Å². The molecule has 0 fully saturated rings. The second kappa shape index (κ2) is 26.4. The van der Waals surface area contributed by atoms with Gasteiger partial charge in [0.05, 0.1) is 22.1 Å². The second-order valence-electron chi connectivity index (χ2n) is 18.9. The third-order valence-electron chi connectivity index (χ3n) is 9.91. The second-order valence-corrected chi connectivity index (χ2v) is 23.9. The Hall–Kier alpha value is -5.85. The first-order valence-corrected chi connectivity index (χ1v) is 27.1. The molecule has 12 nitrogen and oxygen atoms in total. The number of sulfonamides is 1. The number of nitrogens with one attached hydrogen (secondary N) is 3. The fourth-order valence-electron chi connectivity index (χ4n) is 6.71. The zero-order valence-corrected chi connectivity index (χ0v) is 44.8. The van der Waals surface area contributed by atoms with Crippen molar-refractivity contribution in [3.05, 3.63) is 201 Å². The van der Waals surface area contributed by atoms with Crippen LogP contribution < -0.4 is 21.1 Å². The molecule has 0 radical (unpaired) electrons. The number of halogens is 5. The van der Waals surface area contributed by atoms with Crippen LogP contribution in [0.5, 0.6) is 0 Å². The largest absolute Gasteiger partial charge is 0.342 e. The van der Waals surface area contributed by atoms with Crippen LogP contribution in [0.15, 0.2) is 155 Å². The lowest BCUT2D eigenvalue weighted by Gasteiger charge is -2.21. The average Bonchev–Trinajstić information content (AvgIpc) is 3.28. The van der Waals surface area contributed by atoms with Gasteiger partial charge in [-0.1, -0.05) is 96.0 Å². The highest BCUT2D eigenvalue weighted by Crippen LogP contribution is 2.27. The van der Waals surface area contributed by atoms with Gasteiger partial charge in [-0.15, -0.1) is 0 Å². The Bertz CT molecular complexity index is 3080. The van der Waals surface area contributed by atoms with E-state index in [0.29, 0.717) is 11.1 Å². The summed E-state index contributed by atoms with van der Waals surface area (Å²) in [6.45, 7) is 11.1. The van der Waals surface area contributed by atoms with Crippen molar-refractivity contribution >= 4 is 76.3 Å². The van der Waals surface area contributed by atoms with E-state index >= 15 is 0 Å². The van der Waals surface area contributed by atoms with E-state index < -0.39 is 60.1 Å². The monoisotopic (exact) mass is 1100 g/mol. The summed E-state index contributed by atoms with van der Waals surface area (Å²) >= 11 is 12.3. The molecule has 0 saturated heterocycles. The van der Waals surface area contributed by atoms with Gasteiger partial charge in [0, 0.05) is 45.7 Å². The van der Waals surface area contributed by atoms with Crippen LogP contribution >= 0.6 is 33.9 Å². The van der Waals surface area contributed by atoms with E-state index in [1.165, 1.54) is 72.8 Å². The maximum Gasteiger partial charge on any atom is 0.262 e. The van der Waals surface area contributed by atoms with E-state index in [2.05, 4.69) is 15.4 Å². The number of benzene rings is 6. The van der Waals surface area contributed by atoms with Gasteiger partial charge >= 0.3 is 0 Å². The summed E-state index contributed by atoms with van der Waals surface area (Å²) in [4.78, 5) is 51.4. The number of rotatable bonds is 17. The molecule has 6 aromatic rings. The Kier molecular flexibility index (Phi) is 21.6. The predicted octanol–water partition coefficient (Wildman–Crippen LogP) is 10.0. The van der Waals surface area contributed by atoms with Crippen LogP contribution in [0, 0.1) is 11.6 Å². The molecule has 0 aromatic heterocycles. The van der Waals surface area contributed by atoms with Gasteiger partial charge in [-0.2, -0.15) is 0 Å². The van der Waals surface area contributed by atoms with Crippen molar-refractivity contribution in [1.82, 2.24) is 15.4 Å². The summed E-state index contributed by atoms with van der Waals surface area (Å²) in [6, 6.07) is 35.1. The van der Waals surface area contributed by atoms with Gasteiger partial charge in [0.2, 0.25) is 10.0 Å². The van der Waals surface area contributed by atoms with E-state index in [4.69, 9.17) is 39.6 Å². The molecule has 5 N–H and O–H groups in total. The first-order chi connectivity index (χ1) is 34.0. The maximum atomic E-state index is 13.3. The summed E-state index contributed by atoms with van der Waals surface area (Å²) in [6.07, 6.45) is 0.328. The lowest BCUT2D eigenvalue weighted by atomic mass is 9.97. The number of nitrogens with two attached hydrogens (primary N) is 1. The summed E-state index contributed by atoms with van der Waals surface area (Å²) in [5.41, 5.74) is 7.78. The molecule has 0 aliphatic carbocycles. The first-order valence-electron chi connectivity index (χ1n) is 22.6. The third kappa shape index (κ3) is 20.9. The zero-order chi connectivity index (χ0) is 54.3. The van der Waals surface area contributed by atoms with Crippen LogP contribution in [0.2, 0.25) is 10.0 Å². The van der Waals surface area contributed by atoms with Crippen LogP contribution in [0.4, 0.5) is 8.78 Å². The predicted molar refractivity (Wildman–Crippen MR) is 283 cm³/mol. The lowest BCUT2D eigenvalue weighted by Crippen LogP contribution is -2.43. The topological polar surface area (TPSA) is 199 Å². The fraction of sp³-hybridized carbons (Fsp3) is 0.259. The Labute approximate surface area is 440 Å². The Morgan fingerprint density at radius 3 is 1.19 bits per heavy atom. The van der Waals surface area contributed by atoms with Crippen LogP contribution in [-0.4, -0.2) is 63.4 Å². The summed E-state index contributed by atoms with van der Waals surface area (Å²) in [5.74, 6) is -2.55. The van der Waals surface area contributed by atoms with Crippen molar-refractivity contribution in [1.29, 1.82) is 0 Å². The number of carbonyl (C=O) groups is 4. The standard InChI is InChI=1S/C27H28ClFN2O4S.C23H18Cl2FNO4S.C4H11N/c1-27(2,3)31-36(34,35)25-14-9-19(15-22(25)28)17-24(32)23(16-18-7-5-4-6-8-18)30-26(33)20-10-12-21(29)13-11-20;24-19-12-16(6-11-22(19)32(25,30)31)14-21(28)20(13-15-4-2-1-3-5-15)27-23(29)17-7-9-18(26)10-8-17;1-4(2,3)5/h4-15,23,31H,16-17H2,1-3H3,(H,30,33);1-12,20H,13-14H2,(H,27,29);5H2,1-3H3/t23-;20-;/m00./s1. The number of Topliss-reactive ketones (excluding diaryl/α,β-unsaturated/α-hetero) is 2. The minimum Gasteiger partial charge on any atom is -0.342 e. The van der Waals surface area contributed by atoms with Crippen molar-refractivity contribution in [2.24, 2.45) is 5.73 Å². The highest BCUT2D eigenvalue weighted by molar-refractivity contribution is 8.13. The Morgan fingerprint density at radius 1 is 0.534 bits per heavy atom. The molecule has 73 heavy (non-hydrogen) atoms. The Morgan fingerprint density at radius 2 is 0.877 bits per heavy atom. The SMILES string of the molecule is CC(C)(C)N.CC(C)(C)NS(=O)(=O)c1ccc(CC(=O)[C@H](Cc2ccccc2)NC(=O)c2ccc(F)cc2)cc1Cl.O=C(N[C@@H](Cc1ccccc1)C(=O)Cc1ccc(S(=O)(=O)Cl)c(Cl)c1)c1ccc(F)cc1. The average molecular weight is 1100 g/mol. The van der Waals surface area contributed by atoms with E-state index in [-0.39, 0.29) is 73.8 Å². The molecule has 0 bridgehead atoms. The number of hydrogen-bond acceptors (Lipinski definition) is 9. The molecule has 0 spiro atoms. The van der Waals surface area contributed by atoms with Gasteiger partial charge in [-0.05, 0) is 149 Å². The summed E-state index contributed by atoms with van der Waals surface area (Å²) in [7, 11) is -2.53. The van der Waals surface area contributed by atoms with Gasteiger partial charge in [0.15, 0.2) is 11.6 Å². The van der Waals surface area contributed by atoms with Crippen LogP contribution in [0.25, 0.3) is 0 Å². The number of ketones is 2. The van der Waals surface area contributed by atoms with Gasteiger partial charge in [-0.3, -0.25) is 19.2 Å². The zero-order valence-electron chi connectivity index (χ0n) is 40.9. The van der Waals surface area contributed by atoms with Gasteiger partial charge < -0.3 is 16.4 Å². The normalized spacial score (nSPS) is 12.4. The number of carbonyl (C=O) groups excluding carboxylic acids is 4. The molecule has 0 aliphatic rings. The molecule has 6 aromatic carbocycles. The van der Waals surface area contributed by atoms with Crippen molar-refractivity contribution in [2.45, 2.75) is 100 Å². The molecule has 19 heteroatoms. The van der Waals surface area contributed by atoms with Gasteiger partial charge in [0.1, 0.15) is 21.4 Å².